The van der Waals surface area contributed by atoms with Crippen molar-refractivity contribution in [3.8, 4) is 34.6 Å². The Hall–Kier alpha value is -5.43. The zero-order chi connectivity index (χ0) is 26.9. The molecule has 2 N–H and O–H groups in total. The van der Waals surface area contributed by atoms with Crippen LogP contribution in [0.2, 0.25) is 0 Å². The molecule has 0 amide bonds. The van der Waals surface area contributed by atoms with Gasteiger partial charge in [0, 0.05) is 16.7 Å². The van der Waals surface area contributed by atoms with E-state index in [1.54, 1.807) is 67.8 Å². The Bertz CT molecular complexity index is 1580. The normalized spacial score (nSPS) is 10.6. The minimum absolute atomic E-state index is 0.0819. The first kappa shape index (κ1) is 25.7. The number of rotatable bonds is 10. The second-order valence-corrected chi connectivity index (χ2v) is 7.87. The monoisotopic (exact) mass is 509 g/mol. The SMILES string of the molecule is COc1ccc(C=O)cc1COc1ccc(C=NNc2nc(-c3ccccc3)c(C#N)c(=O)[nH]2)cc1OC. The maximum absolute atomic E-state index is 12.4. The van der Waals surface area contributed by atoms with E-state index in [9.17, 15) is 14.9 Å². The quantitative estimate of drug-likeness (QED) is 0.185. The van der Waals surface area contributed by atoms with Crippen molar-refractivity contribution in [2.24, 2.45) is 5.10 Å². The van der Waals surface area contributed by atoms with E-state index in [0.717, 1.165) is 6.29 Å². The molecule has 0 atom stereocenters. The highest BCUT2D eigenvalue weighted by molar-refractivity contribution is 5.81. The topological polar surface area (TPSA) is 139 Å². The molecule has 0 bridgehead atoms. The third-order valence-electron chi connectivity index (χ3n) is 5.47. The van der Waals surface area contributed by atoms with E-state index in [4.69, 9.17) is 14.2 Å². The van der Waals surface area contributed by atoms with Gasteiger partial charge in [-0.25, -0.2) is 10.4 Å². The number of carbonyl (C=O) groups excluding carboxylic acids is 1. The molecule has 0 aliphatic heterocycles. The molecule has 38 heavy (non-hydrogen) atoms. The zero-order valence-corrected chi connectivity index (χ0v) is 20.6. The van der Waals surface area contributed by atoms with Gasteiger partial charge in [-0.05, 0) is 42.0 Å². The van der Waals surface area contributed by atoms with Gasteiger partial charge in [-0.2, -0.15) is 10.4 Å². The second kappa shape index (κ2) is 12.0. The number of benzene rings is 3. The molecule has 1 heterocycles. The van der Waals surface area contributed by atoms with E-state index in [2.05, 4.69) is 20.5 Å². The lowest BCUT2D eigenvalue weighted by atomic mass is 10.1. The summed E-state index contributed by atoms with van der Waals surface area (Å²) in [6.07, 6.45) is 2.28. The van der Waals surface area contributed by atoms with Crippen LogP contribution in [0.4, 0.5) is 5.95 Å². The number of hydrogen-bond donors (Lipinski definition) is 2. The molecule has 0 aliphatic rings. The lowest BCUT2D eigenvalue weighted by Crippen LogP contribution is -2.16. The van der Waals surface area contributed by atoms with Gasteiger partial charge in [-0.1, -0.05) is 30.3 Å². The average Bonchev–Trinajstić information content (AvgIpc) is 2.96. The van der Waals surface area contributed by atoms with Crippen molar-refractivity contribution in [3.63, 3.8) is 0 Å². The molecular formula is C28H23N5O5. The summed E-state index contributed by atoms with van der Waals surface area (Å²) in [6, 6.07) is 21.2. The predicted octanol–water partition coefficient (Wildman–Crippen LogP) is 4.16. The Balaban J connectivity index is 1.50. The summed E-state index contributed by atoms with van der Waals surface area (Å²) in [4.78, 5) is 30.4. The number of anilines is 1. The molecule has 0 unspecified atom stereocenters. The van der Waals surface area contributed by atoms with Gasteiger partial charge in [-0.15, -0.1) is 0 Å². The summed E-state index contributed by atoms with van der Waals surface area (Å²) in [5.41, 5.74) is 4.85. The number of nitrogens with one attached hydrogen (secondary N) is 2. The smallest absolute Gasteiger partial charge is 0.270 e. The van der Waals surface area contributed by atoms with E-state index in [0.29, 0.717) is 39.5 Å². The molecule has 0 saturated heterocycles. The predicted molar refractivity (Wildman–Crippen MR) is 142 cm³/mol. The Kier molecular flexibility index (Phi) is 8.11. The number of carbonyl (C=O) groups is 1. The van der Waals surface area contributed by atoms with Gasteiger partial charge in [0.15, 0.2) is 11.5 Å². The van der Waals surface area contributed by atoms with Crippen molar-refractivity contribution >= 4 is 18.4 Å². The molecule has 0 fully saturated rings. The maximum atomic E-state index is 12.4. The van der Waals surface area contributed by atoms with Crippen LogP contribution in [-0.4, -0.2) is 36.7 Å². The molecule has 0 spiro atoms. The fourth-order valence-corrected chi connectivity index (χ4v) is 3.63. The van der Waals surface area contributed by atoms with Crippen LogP contribution in [0.15, 0.2) is 76.6 Å². The summed E-state index contributed by atoms with van der Waals surface area (Å²) in [5.74, 6) is 1.65. The van der Waals surface area contributed by atoms with Gasteiger partial charge < -0.3 is 14.2 Å². The van der Waals surface area contributed by atoms with Crippen LogP contribution in [0.5, 0.6) is 17.2 Å². The van der Waals surface area contributed by atoms with E-state index < -0.39 is 5.56 Å². The number of aldehydes is 1. The van der Waals surface area contributed by atoms with Gasteiger partial charge in [0.1, 0.15) is 30.3 Å². The Labute approximate surface area is 218 Å². The van der Waals surface area contributed by atoms with Gasteiger partial charge in [0.05, 0.1) is 26.1 Å². The number of methoxy groups -OCH3 is 2. The van der Waals surface area contributed by atoms with Crippen molar-refractivity contribution < 1.29 is 19.0 Å². The Morgan fingerprint density at radius 2 is 1.74 bits per heavy atom. The van der Waals surface area contributed by atoms with E-state index in [1.165, 1.54) is 13.3 Å². The summed E-state index contributed by atoms with van der Waals surface area (Å²) in [6.45, 7) is 0.164. The van der Waals surface area contributed by atoms with Crippen molar-refractivity contribution in [2.75, 3.05) is 19.6 Å². The molecule has 1 aromatic heterocycles. The maximum Gasteiger partial charge on any atom is 0.270 e. The summed E-state index contributed by atoms with van der Waals surface area (Å²) >= 11 is 0. The largest absolute Gasteiger partial charge is 0.496 e. The molecule has 0 saturated carbocycles. The van der Waals surface area contributed by atoms with Gasteiger partial charge in [0.2, 0.25) is 5.95 Å². The van der Waals surface area contributed by atoms with Crippen molar-refractivity contribution in [1.82, 2.24) is 9.97 Å². The van der Waals surface area contributed by atoms with Crippen LogP contribution in [-0.2, 0) is 6.61 Å². The lowest BCUT2D eigenvalue weighted by Gasteiger charge is -2.13. The number of H-pyrrole nitrogens is 1. The second-order valence-electron chi connectivity index (χ2n) is 7.87. The molecule has 10 nitrogen and oxygen atoms in total. The van der Waals surface area contributed by atoms with Gasteiger partial charge in [-0.3, -0.25) is 14.6 Å². The minimum atomic E-state index is -0.572. The zero-order valence-electron chi connectivity index (χ0n) is 20.6. The Morgan fingerprint density at radius 3 is 2.45 bits per heavy atom. The first-order valence-corrected chi connectivity index (χ1v) is 11.4. The van der Waals surface area contributed by atoms with Crippen molar-refractivity contribution in [2.45, 2.75) is 6.61 Å². The first-order chi connectivity index (χ1) is 18.6. The lowest BCUT2D eigenvalue weighted by molar-refractivity contribution is 0.112. The summed E-state index contributed by atoms with van der Waals surface area (Å²) < 4.78 is 16.7. The molecule has 4 rings (SSSR count). The number of hydrogen-bond acceptors (Lipinski definition) is 9. The molecule has 4 aromatic rings. The number of hydrazone groups is 1. The van der Waals surface area contributed by atoms with Crippen LogP contribution in [0, 0.1) is 11.3 Å². The van der Waals surface area contributed by atoms with Crippen LogP contribution in [0.3, 0.4) is 0 Å². The van der Waals surface area contributed by atoms with E-state index in [-0.39, 0.29) is 23.8 Å². The third-order valence-corrected chi connectivity index (χ3v) is 5.47. The van der Waals surface area contributed by atoms with Crippen LogP contribution in [0.25, 0.3) is 11.3 Å². The number of nitriles is 1. The summed E-state index contributed by atoms with van der Waals surface area (Å²) in [5, 5.41) is 13.5. The molecule has 3 aromatic carbocycles. The fraction of sp³-hybridized carbons (Fsp3) is 0.107. The number of nitrogens with zero attached hydrogens (tertiary/aromatic N) is 3. The van der Waals surface area contributed by atoms with Crippen LogP contribution in [0.1, 0.15) is 27.0 Å². The highest BCUT2D eigenvalue weighted by Gasteiger charge is 2.13. The first-order valence-electron chi connectivity index (χ1n) is 11.4. The standard InChI is InChI=1S/C28H23N5O5/c1-36-23-10-9-19(16-34)12-21(23)17-38-24-11-8-18(13-25(24)37-2)15-30-33-28-31-26(20-6-4-3-5-7-20)22(14-29)27(35)32-28/h3-13,15-16H,17H2,1-2H3,(H2,31,32,33,35). The fourth-order valence-electron chi connectivity index (χ4n) is 3.63. The van der Waals surface area contributed by atoms with Crippen LogP contribution < -0.4 is 25.2 Å². The highest BCUT2D eigenvalue weighted by atomic mass is 16.5. The van der Waals surface area contributed by atoms with Crippen molar-refractivity contribution in [1.29, 1.82) is 5.26 Å². The molecule has 0 aliphatic carbocycles. The molecular weight excluding hydrogens is 486 g/mol. The van der Waals surface area contributed by atoms with Gasteiger partial charge in [0.25, 0.3) is 5.56 Å². The number of aromatic amines is 1. The average molecular weight is 510 g/mol. The van der Waals surface area contributed by atoms with E-state index >= 15 is 0 Å². The Morgan fingerprint density at radius 1 is 1.00 bits per heavy atom. The number of aromatic nitrogens is 2. The van der Waals surface area contributed by atoms with E-state index in [1.807, 2.05) is 12.1 Å². The molecule has 0 radical (unpaired) electrons. The van der Waals surface area contributed by atoms with Crippen molar-refractivity contribution in [3.05, 3.63) is 99.3 Å². The minimum Gasteiger partial charge on any atom is -0.496 e. The summed E-state index contributed by atoms with van der Waals surface area (Å²) in [7, 11) is 3.07. The third kappa shape index (κ3) is 5.85. The molecule has 190 valence electrons. The molecule has 10 heteroatoms. The van der Waals surface area contributed by atoms with Crippen LogP contribution >= 0.6 is 0 Å². The van der Waals surface area contributed by atoms with Gasteiger partial charge >= 0.3 is 0 Å². The number of ether oxygens (including phenoxy) is 3. The highest BCUT2D eigenvalue weighted by Crippen LogP contribution is 2.30.